The van der Waals surface area contributed by atoms with Gasteiger partial charge in [0.05, 0.1) is 16.0 Å². The van der Waals surface area contributed by atoms with Crippen molar-refractivity contribution in [2.45, 2.75) is 25.8 Å². The van der Waals surface area contributed by atoms with Crippen LogP contribution in [0.5, 0.6) is 0 Å². The molecule has 2 aromatic rings. The molecule has 1 aliphatic heterocycles. The van der Waals surface area contributed by atoms with Gasteiger partial charge in [0, 0.05) is 19.3 Å². The number of fused-ring (bicyclic) bond motifs is 1. The van der Waals surface area contributed by atoms with E-state index < -0.39 is 5.41 Å². The Morgan fingerprint density at radius 3 is 2.62 bits per heavy atom. The van der Waals surface area contributed by atoms with Crippen molar-refractivity contribution in [2.24, 2.45) is 0 Å². The summed E-state index contributed by atoms with van der Waals surface area (Å²) in [7, 11) is 1.79. The molecule has 124 valence electrons. The summed E-state index contributed by atoms with van der Waals surface area (Å²) in [5, 5.41) is 3.30. The number of nitrogens with zero attached hydrogens (tertiary/aromatic N) is 1. The van der Waals surface area contributed by atoms with E-state index in [-0.39, 0.29) is 11.8 Å². The van der Waals surface area contributed by atoms with Crippen LogP contribution in [0.3, 0.4) is 0 Å². The number of rotatable bonds is 3. The highest BCUT2D eigenvalue weighted by molar-refractivity contribution is 6.33. The largest absolute Gasteiger partial charge is 0.348 e. The van der Waals surface area contributed by atoms with Crippen LogP contribution in [0, 0.1) is 0 Å². The quantitative estimate of drug-likeness (QED) is 0.927. The molecule has 4 nitrogen and oxygen atoms in total. The molecule has 1 N–H and O–H groups in total. The van der Waals surface area contributed by atoms with Crippen molar-refractivity contribution < 1.29 is 9.59 Å². The van der Waals surface area contributed by atoms with Gasteiger partial charge in [0.2, 0.25) is 5.91 Å². The molecule has 2 aromatic carbocycles. The summed E-state index contributed by atoms with van der Waals surface area (Å²) < 4.78 is 0. The first kappa shape index (κ1) is 16.5. The topological polar surface area (TPSA) is 49.4 Å². The van der Waals surface area contributed by atoms with E-state index in [0.717, 1.165) is 16.8 Å². The SMILES string of the molecule is CN1C(=O)C(C)(C)c2cc(CNC(=O)c3ccccc3Cl)ccc21. The van der Waals surface area contributed by atoms with Gasteiger partial charge in [0.25, 0.3) is 5.91 Å². The molecule has 0 spiro atoms. The molecular formula is C19H19ClN2O2. The van der Waals surface area contributed by atoms with Crippen LogP contribution in [0.15, 0.2) is 42.5 Å². The molecule has 2 amide bonds. The molecule has 0 saturated carbocycles. The van der Waals surface area contributed by atoms with Gasteiger partial charge in [0.15, 0.2) is 0 Å². The van der Waals surface area contributed by atoms with Gasteiger partial charge in [-0.3, -0.25) is 9.59 Å². The molecule has 5 heteroatoms. The molecule has 0 fully saturated rings. The minimum Gasteiger partial charge on any atom is -0.348 e. The second kappa shape index (κ2) is 5.95. The van der Waals surface area contributed by atoms with Gasteiger partial charge in [-0.1, -0.05) is 35.9 Å². The van der Waals surface area contributed by atoms with Crippen molar-refractivity contribution in [1.82, 2.24) is 5.32 Å². The van der Waals surface area contributed by atoms with Crippen LogP contribution in [-0.2, 0) is 16.8 Å². The van der Waals surface area contributed by atoms with Crippen LogP contribution in [0.4, 0.5) is 5.69 Å². The van der Waals surface area contributed by atoms with Gasteiger partial charge in [0.1, 0.15) is 0 Å². The summed E-state index contributed by atoms with van der Waals surface area (Å²) in [4.78, 5) is 26.3. The second-order valence-electron chi connectivity index (χ2n) is 6.50. The van der Waals surface area contributed by atoms with Crippen LogP contribution in [0.1, 0.15) is 35.3 Å². The van der Waals surface area contributed by atoms with E-state index in [0.29, 0.717) is 17.1 Å². The van der Waals surface area contributed by atoms with Crippen LogP contribution in [0.25, 0.3) is 0 Å². The molecule has 0 atom stereocenters. The Labute approximate surface area is 146 Å². The molecule has 24 heavy (non-hydrogen) atoms. The van der Waals surface area contributed by atoms with Crippen LogP contribution in [0.2, 0.25) is 5.02 Å². The smallest absolute Gasteiger partial charge is 0.253 e. The van der Waals surface area contributed by atoms with E-state index in [1.165, 1.54) is 0 Å². The highest BCUT2D eigenvalue weighted by Gasteiger charge is 2.42. The minimum atomic E-state index is -0.549. The second-order valence-corrected chi connectivity index (χ2v) is 6.91. The van der Waals surface area contributed by atoms with Crippen molar-refractivity contribution in [3.05, 3.63) is 64.2 Å². The van der Waals surface area contributed by atoms with Gasteiger partial charge in [-0.15, -0.1) is 0 Å². The van der Waals surface area contributed by atoms with Gasteiger partial charge < -0.3 is 10.2 Å². The third-order valence-electron chi connectivity index (χ3n) is 4.51. The summed E-state index contributed by atoms with van der Waals surface area (Å²) in [5.74, 6) is -0.136. The lowest BCUT2D eigenvalue weighted by Gasteiger charge is -2.17. The van der Waals surface area contributed by atoms with Crippen LogP contribution >= 0.6 is 11.6 Å². The summed E-state index contributed by atoms with van der Waals surface area (Å²) in [6.45, 7) is 4.22. The number of nitrogens with one attached hydrogen (secondary N) is 1. The Bertz CT molecular complexity index is 830. The molecule has 0 aliphatic carbocycles. The highest BCUT2D eigenvalue weighted by atomic mass is 35.5. The van der Waals surface area contributed by atoms with Crippen molar-refractivity contribution in [2.75, 3.05) is 11.9 Å². The maximum atomic E-state index is 12.3. The summed E-state index contributed by atoms with van der Waals surface area (Å²) in [6.07, 6.45) is 0. The van der Waals surface area contributed by atoms with Gasteiger partial charge in [-0.25, -0.2) is 0 Å². The normalized spacial score (nSPS) is 15.3. The fourth-order valence-corrected chi connectivity index (χ4v) is 3.27. The fourth-order valence-electron chi connectivity index (χ4n) is 3.05. The number of hydrogen-bond acceptors (Lipinski definition) is 2. The van der Waals surface area contributed by atoms with E-state index >= 15 is 0 Å². The van der Waals surface area contributed by atoms with E-state index in [9.17, 15) is 9.59 Å². The molecule has 0 bridgehead atoms. The molecule has 0 saturated heterocycles. The zero-order valence-electron chi connectivity index (χ0n) is 13.9. The van der Waals surface area contributed by atoms with Gasteiger partial charge >= 0.3 is 0 Å². The predicted molar refractivity (Wildman–Crippen MR) is 95.5 cm³/mol. The third kappa shape index (κ3) is 2.67. The number of benzene rings is 2. The molecule has 3 rings (SSSR count). The van der Waals surface area contributed by atoms with E-state index in [1.807, 2.05) is 32.0 Å². The Balaban J connectivity index is 1.79. The number of halogens is 1. The zero-order valence-corrected chi connectivity index (χ0v) is 14.6. The first-order chi connectivity index (χ1) is 11.3. The van der Waals surface area contributed by atoms with Gasteiger partial charge in [-0.2, -0.15) is 0 Å². The van der Waals surface area contributed by atoms with Crippen LogP contribution in [-0.4, -0.2) is 18.9 Å². The monoisotopic (exact) mass is 342 g/mol. The first-order valence-corrected chi connectivity index (χ1v) is 8.14. The molecule has 0 radical (unpaired) electrons. The average Bonchev–Trinajstić information content (AvgIpc) is 2.74. The molecule has 1 aliphatic rings. The summed E-state index contributed by atoms with van der Waals surface area (Å²) >= 11 is 6.04. The van der Waals surface area contributed by atoms with Crippen molar-refractivity contribution in [1.29, 1.82) is 0 Å². The number of amides is 2. The summed E-state index contributed by atoms with van der Waals surface area (Å²) in [5.41, 5.74) is 2.76. The highest BCUT2D eigenvalue weighted by Crippen LogP contribution is 2.41. The van der Waals surface area contributed by atoms with Gasteiger partial charge in [-0.05, 0) is 43.2 Å². The first-order valence-electron chi connectivity index (χ1n) is 7.76. The fraction of sp³-hybridized carbons (Fsp3) is 0.263. The predicted octanol–water partition coefficient (Wildman–Crippen LogP) is 3.52. The Hall–Kier alpha value is -2.33. The maximum absolute atomic E-state index is 12.3. The number of carbonyl (C=O) groups excluding carboxylic acids is 2. The minimum absolute atomic E-state index is 0.0785. The molecule has 0 aromatic heterocycles. The zero-order chi connectivity index (χ0) is 17.5. The molecule has 0 unspecified atom stereocenters. The number of carbonyl (C=O) groups is 2. The number of likely N-dealkylation sites (N-methyl/N-ethyl adjacent to an activating group) is 1. The maximum Gasteiger partial charge on any atom is 0.253 e. The Kier molecular flexibility index (Phi) is 4.10. The average molecular weight is 343 g/mol. The molecular weight excluding hydrogens is 324 g/mol. The summed E-state index contributed by atoms with van der Waals surface area (Å²) in [6, 6.07) is 12.8. The standard InChI is InChI=1S/C19H19ClN2O2/c1-19(2)14-10-12(8-9-16(14)22(3)18(19)24)11-21-17(23)13-6-4-5-7-15(13)20/h4-10H,11H2,1-3H3,(H,21,23). The lowest BCUT2D eigenvalue weighted by Crippen LogP contribution is -2.33. The van der Waals surface area contributed by atoms with E-state index in [1.54, 1.807) is 36.2 Å². The number of anilines is 1. The van der Waals surface area contributed by atoms with Crippen molar-refractivity contribution in [3.8, 4) is 0 Å². The van der Waals surface area contributed by atoms with Crippen molar-refractivity contribution >= 4 is 29.1 Å². The lowest BCUT2D eigenvalue weighted by molar-refractivity contribution is -0.121. The Morgan fingerprint density at radius 2 is 1.92 bits per heavy atom. The van der Waals surface area contributed by atoms with E-state index in [2.05, 4.69) is 5.32 Å². The van der Waals surface area contributed by atoms with Crippen molar-refractivity contribution in [3.63, 3.8) is 0 Å². The Morgan fingerprint density at radius 1 is 1.21 bits per heavy atom. The van der Waals surface area contributed by atoms with E-state index in [4.69, 9.17) is 11.6 Å². The third-order valence-corrected chi connectivity index (χ3v) is 4.84. The molecule has 1 heterocycles. The number of hydrogen-bond donors (Lipinski definition) is 1. The lowest BCUT2D eigenvalue weighted by atomic mass is 9.85. The van der Waals surface area contributed by atoms with Crippen LogP contribution < -0.4 is 10.2 Å².